The van der Waals surface area contributed by atoms with E-state index in [0.717, 1.165) is 6.07 Å². The number of primary amides is 1. The lowest BCUT2D eigenvalue weighted by atomic mass is 10.2. The number of amides is 1. The summed E-state index contributed by atoms with van der Waals surface area (Å²) >= 11 is 11.4. The van der Waals surface area contributed by atoms with Crippen molar-refractivity contribution in [1.29, 1.82) is 0 Å². The summed E-state index contributed by atoms with van der Waals surface area (Å²) in [6.07, 6.45) is -0.522. The maximum Gasteiger partial charge on any atom is 0.321 e. The molecule has 1 atom stereocenters. The highest BCUT2D eigenvalue weighted by atomic mass is 35.5. The molecule has 7 nitrogen and oxygen atoms in total. The fraction of sp³-hybridized carbons (Fsp3) is 0.273. The highest BCUT2D eigenvalue weighted by Gasteiger charge is 2.26. The number of sulfonamides is 1. The van der Waals surface area contributed by atoms with Crippen molar-refractivity contribution in [2.45, 2.75) is 23.8 Å². The molecule has 10 heteroatoms. The fourth-order valence-corrected chi connectivity index (χ4v) is 3.03. The molecule has 0 spiro atoms. The molecule has 0 saturated heterocycles. The molecule has 0 unspecified atom stereocenters. The standard InChI is InChI=1S/C11H12Cl2N2O5S/c12-7-2-1-6(5-8(7)13)21(19,20)15-9(11(17)18)3-4-10(14)16/h1-2,5,9,15H,3-4H2,(H2,14,16)(H,17,18)/t9-/m0/s1. The van der Waals surface area contributed by atoms with Crippen LogP contribution in [0.4, 0.5) is 0 Å². The highest BCUT2D eigenvalue weighted by Crippen LogP contribution is 2.24. The molecule has 1 aromatic carbocycles. The van der Waals surface area contributed by atoms with Gasteiger partial charge in [-0.15, -0.1) is 0 Å². The molecule has 1 aromatic rings. The van der Waals surface area contributed by atoms with Crippen molar-refractivity contribution in [2.24, 2.45) is 5.73 Å². The summed E-state index contributed by atoms with van der Waals surface area (Å²) in [5.74, 6) is -2.14. The minimum atomic E-state index is -4.12. The van der Waals surface area contributed by atoms with Crippen LogP contribution in [0.25, 0.3) is 0 Å². The Balaban J connectivity index is 2.97. The number of rotatable bonds is 7. The number of hydrogen-bond donors (Lipinski definition) is 3. The Bertz CT molecular complexity index is 663. The number of carboxylic acids is 1. The van der Waals surface area contributed by atoms with Gasteiger partial charge in [0.1, 0.15) is 6.04 Å². The highest BCUT2D eigenvalue weighted by molar-refractivity contribution is 7.89. The predicted octanol–water partition coefficient (Wildman–Crippen LogP) is 0.990. The van der Waals surface area contributed by atoms with Crippen LogP contribution < -0.4 is 10.5 Å². The van der Waals surface area contributed by atoms with E-state index in [2.05, 4.69) is 0 Å². The largest absolute Gasteiger partial charge is 0.480 e. The minimum absolute atomic E-state index is 0.0172. The summed E-state index contributed by atoms with van der Waals surface area (Å²) in [7, 11) is -4.12. The van der Waals surface area contributed by atoms with Gasteiger partial charge in [0.2, 0.25) is 15.9 Å². The normalized spacial score (nSPS) is 12.9. The first-order chi connectivity index (χ1) is 9.63. The van der Waals surface area contributed by atoms with E-state index in [9.17, 15) is 18.0 Å². The molecule has 0 aliphatic carbocycles. The first-order valence-electron chi connectivity index (χ1n) is 5.62. The Morgan fingerprint density at radius 2 is 1.90 bits per heavy atom. The molecule has 116 valence electrons. The van der Waals surface area contributed by atoms with Crippen LogP contribution in [0.1, 0.15) is 12.8 Å². The number of benzene rings is 1. The Morgan fingerprint density at radius 1 is 1.29 bits per heavy atom. The van der Waals surface area contributed by atoms with E-state index >= 15 is 0 Å². The third-order valence-corrected chi connectivity index (χ3v) is 4.68. The van der Waals surface area contributed by atoms with E-state index in [-0.39, 0.29) is 27.8 Å². The van der Waals surface area contributed by atoms with E-state index in [1.54, 1.807) is 0 Å². The zero-order chi connectivity index (χ0) is 16.2. The molecule has 1 amide bonds. The lowest BCUT2D eigenvalue weighted by Gasteiger charge is -2.14. The molecule has 0 aliphatic heterocycles. The van der Waals surface area contributed by atoms with Gasteiger partial charge < -0.3 is 10.8 Å². The number of carboxylic acid groups (broad SMARTS) is 1. The molecule has 0 bridgehead atoms. The molecule has 0 fully saturated rings. The lowest BCUT2D eigenvalue weighted by molar-refractivity contribution is -0.139. The SMILES string of the molecule is NC(=O)CC[C@H](NS(=O)(=O)c1ccc(Cl)c(Cl)c1)C(=O)O. The van der Waals surface area contributed by atoms with Crippen molar-refractivity contribution in [3.05, 3.63) is 28.2 Å². The van der Waals surface area contributed by atoms with Gasteiger partial charge in [-0.1, -0.05) is 23.2 Å². The molecule has 0 radical (unpaired) electrons. The number of nitrogens with one attached hydrogen (secondary N) is 1. The van der Waals surface area contributed by atoms with E-state index < -0.39 is 27.9 Å². The maximum absolute atomic E-state index is 12.1. The Labute approximate surface area is 131 Å². The minimum Gasteiger partial charge on any atom is -0.480 e. The second kappa shape index (κ2) is 7.08. The second-order valence-electron chi connectivity index (χ2n) is 4.09. The van der Waals surface area contributed by atoms with Crippen molar-refractivity contribution < 1.29 is 23.1 Å². The van der Waals surface area contributed by atoms with Gasteiger partial charge >= 0.3 is 5.97 Å². The van der Waals surface area contributed by atoms with Gasteiger partial charge in [-0.05, 0) is 24.6 Å². The van der Waals surface area contributed by atoms with Gasteiger partial charge in [0.05, 0.1) is 14.9 Å². The van der Waals surface area contributed by atoms with Crippen LogP contribution in [0.2, 0.25) is 10.0 Å². The summed E-state index contributed by atoms with van der Waals surface area (Å²) in [6, 6.07) is 2.08. The van der Waals surface area contributed by atoms with Crippen molar-refractivity contribution in [3.63, 3.8) is 0 Å². The van der Waals surface area contributed by atoms with Crippen molar-refractivity contribution in [1.82, 2.24) is 4.72 Å². The Kier molecular flexibility index (Phi) is 5.97. The first-order valence-corrected chi connectivity index (χ1v) is 7.86. The summed E-state index contributed by atoms with van der Waals surface area (Å²) < 4.78 is 26.1. The number of nitrogens with two attached hydrogens (primary N) is 1. The smallest absolute Gasteiger partial charge is 0.321 e. The summed E-state index contributed by atoms with van der Waals surface area (Å²) in [6.45, 7) is 0. The Hall–Kier alpha value is -1.35. The van der Waals surface area contributed by atoms with Gasteiger partial charge in [0, 0.05) is 6.42 Å². The fourth-order valence-electron chi connectivity index (χ4n) is 1.42. The number of carbonyl (C=O) groups is 2. The molecule has 21 heavy (non-hydrogen) atoms. The number of aliphatic carboxylic acids is 1. The Morgan fingerprint density at radius 3 is 2.38 bits per heavy atom. The van der Waals surface area contributed by atoms with Crippen LogP contribution in [-0.4, -0.2) is 31.4 Å². The van der Waals surface area contributed by atoms with Gasteiger partial charge in [-0.25, -0.2) is 8.42 Å². The van der Waals surface area contributed by atoms with Crippen LogP contribution >= 0.6 is 23.2 Å². The maximum atomic E-state index is 12.1. The first kappa shape index (κ1) is 17.7. The second-order valence-corrected chi connectivity index (χ2v) is 6.62. The third kappa shape index (κ3) is 5.16. The molecule has 0 aromatic heterocycles. The van der Waals surface area contributed by atoms with Gasteiger partial charge in [0.25, 0.3) is 0 Å². The number of halogens is 2. The van der Waals surface area contributed by atoms with Crippen molar-refractivity contribution in [3.8, 4) is 0 Å². The third-order valence-electron chi connectivity index (χ3n) is 2.48. The van der Waals surface area contributed by atoms with Crippen LogP contribution in [-0.2, 0) is 19.6 Å². The van der Waals surface area contributed by atoms with Crippen LogP contribution in [0, 0.1) is 0 Å². The van der Waals surface area contributed by atoms with Gasteiger partial charge in [0.15, 0.2) is 0 Å². The molecular formula is C11H12Cl2N2O5S. The molecule has 0 saturated carbocycles. The predicted molar refractivity (Wildman–Crippen MR) is 76.6 cm³/mol. The monoisotopic (exact) mass is 354 g/mol. The number of hydrogen-bond acceptors (Lipinski definition) is 4. The summed E-state index contributed by atoms with van der Waals surface area (Å²) in [4.78, 5) is 21.4. The van der Waals surface area contributed by atoms with Crippen molar-refractivity contribution in [2.75, 3.05) is 0 Å². The van der Waals surface area contributed by atoms with E-state index in [4.69, 9.17) is 34.0 Å². The quantitative estimate of drug-likeness (QED) is 0.672. The van der Waals surface area contributed by atoms with Crippen LogP contribution in [0.3, 0.4) is 0 Å². The molecule has 4 N–H and O–H groups in total. The van der Waals surface area contributed by atoms with Gasteiger partial charge in [-0.2, -0.15) is 4.72 Å². The molecule has 0 aliphatic rings. The average Bonchev–Trinajstić information content (AvgIpc) is 2.37. The lowest BCUT2D eigenvalue weighted by Crippen LogP contribution is -2.41. The average molecular weight is 355 g/mol. The van der Waals surface area contributed by atoms with E-state index in [1.807, 2.05) is 4.72 Å². The van der Waals surface area contributed by atoms with Crippen molar-refractivity contribution >= 4 is 45.1 Å². The van der Waals surface area contributed by atoms with E-state index in [1.165, 1.54) is 12.1 Å². The van der Waals surface area contributed by atoms with Gasteiger partial charge in [-0.3, -0.25) is 9.59 Å². The molecule has 0 heterocycles. The molecular weight excluding hydrogens is 343 g/mol. The summed E-state index contributed by atoms with van der Waals surface area (Å²) in [5.41, 5.74) is 4.91. The topological polar surface area (TPSA) is 127 Å². The zero-order valence-electron chi connectivity index (χ0n) is 10.5. The number of carbonyl (C=O) groups excluding carboxylic acids is 1. The van der Waals surface area contributed by atoms with Crippen LogP contribution in [0.15, 0.2) is 23.1 Å². The molecule has 1 rings (SSSR count). The zero-order valence-corrected chi connectivity index (χ0v) is 12.9. The summed E-state index contributed by atoms with van der Waals surface area (Å²) in [5, 5.41) is 9.15. The van der Waals surface area contributed by atoms with E-state index in [0.29, 0.717) is 0 Å². The van der Waals surface area contributed by atoms with Crippen LogP contribution in [0.5, 0.6) is 0 Å².